The van der Waals surface area contributed by atoms with Gasteiger partial charge in [-0.3, -0.25) is 19.8 Å². The Morgan fingerprint density at radius 2 is 2.11 bits per heavy atom. The summed E-state index contributed by atoms with van der Waals surface area (Å²) in [6.07, 6.45) is 0.101. The van der Waals surface area contributed by atoms with Gasteiger partial charge in [0.2, 0.25) is 0 Å². The van der Waals surface area contributed by atoms with E-state index in [9.17, 15) is 15.0 Å². The molecule has 0 spiro atoms. The molecule has 0 bridgehead atoms. The molecule has 2 rings (SSSR count). The molecule has 2 heterocycles. The van der Waals surface area contributed by atoms with Crippen molar-refractivity contribution in [2.45, 2.75) is 18.8 Å². The molecule has 5 N–H and O–H groups in total. The molecular formula is C9H16N6O3. The molecule has 0 saturated carbocycles. The lowest BCUT2D eigenvalue weighted by Crippen LogP contribution is -2.30. The average molecular weight is 256 g/mol. The van der Waals surface area contributed by atoms with E-state index in [0.717, 1.165) is 0 Å². The summed E-state index contributed by atoms with van der Waals surface area (Å²) in [6.45, 7) is 2.00. The largest absolute Gasteiger partial charge is 0.389 e. The molecule has 2 atom stereocenters. The van der Waals surface area contributed by atoms with E-state index >= 15 is 0 Å². The van der Waals surface area contributed by atoms with Gasteiger partial charge in [0.15, 0.2) is 5.69 Å². The molecular weight excluding hydrogens is 240 g/mol. The number of likely N-dealkylation sites (tertiary alicyclic amines) is 1. The smallest absolute Gasteiger partial charge is 0.287 e. The van der Waals surface area contributed by atoms with Crippen molar-refractivity contribution in [3.05, 3.63) is 11.9 Å². The van der Waals surface area contributed by atoms with Crippen LogP contribution in [0.4, 0.5) is 0 Å². The van der Waals surface area contributed by atoms with Crippen LogP contribution in [0.15, 0.2) is 6.20 Å². The zero-order valence-electron chi connectivity index (χ0n) is 9.73. The fraction of sp³-hybridized carbons (Fsp3) is 0.667. The second-order valence-electron chi connectivity index (χ2n) is 4.23. The number of hydrogen-bond acceptors (Lipinski definition) is 7. The lowest BCUT2D eigenvalue weighted by atomic mass is 10.3. The highest BCUT2D eigenvalue weighted by Gasteiger charge is 2.29. The maximum absolute atomic E-state index is 11.1. The van der Waals surface area contributed by atoms with Crippen molar-refractivity contribution >= 4 is 5.91 Å². The van der Waals surface area contributed by atoms with Crippen LogP contribution in [-0.2, 0) is 6.54 Å². The van der Waals surface area contributed by atoms with Gasteiger partial charge in [-0.15, -0.1) is 5.10 Å². The third kappa shape index (κ3) is 2.82. The predicted molar refractivity (Wildman–Crippen MR) is 60.1 cm³/mol. The SMILES string of the molecule is NNC(=O)c1cn(CCN2CC(O)C(O)C2)nn1. The summed E-state index contributed by atoms with van der Waals surface area (Å²) in [5.74, 6) is 4.48. The van der Waals surface area contributed by atoms with Crippen LogP contribution >= 0.6 is 0 Å². The van der Waals surface area contributed by atoms with Crippen LogP contribution in [-0.4, -0.2) is 67.9 Å². The molecule has 1 aliphatic heterocycles. The zero-order valence-corrected chi connectivity index (χ0v) is 9.73. The Morgan fingerprint density at radius 1 is 1.44 bits per heavy atom. The Bertz CT molecular complexity index is 412. The molecule has 1 amide bonds. The van der Waals surface area contributed by atoms with Gasteiger partial charge in [0.25, 0.3) is 5.91 Å². The van der Waals surface area contributed by atoms with Crippen molar-refractivity contribution in [1.29, 1.82) is 0 Å². The highest BCUT2D eigenvalue weighted by atomic mass is 16.3. The number of hydrazine groups is 1. The second-order valence-corrected chi connectivity index (χ2v) is 4.23. The molecule has 1 aliphatic rings. The number of nitrogen functional groups attached to an aromatic ring is 1. The molecule has 0 radical (unpaired) electrons. The van der Waals surface area contributed by atoms with Gasteiger partial charge in [0.05, 0.1) is 24.9 Å². The number of aromatic nitrogens is 3. The van der Waals surface area contributed by atoms with E-state index in [1.54, 1.807) is 0 Å². The van der Waals surface area contributed by atoms with E-state index in [4.69, 9.17) is 5.84 Å². The van der Waals surface area contributed by atoms with Crippen molar-refractivity contribution in [3.8, 4) is 0 Å². The van der Waals surface area contributed by atoms with E-state index in [1.807, 2.05) is 10.3 Å². The van der Waals surface area contributed by atoms with Crippen molar-refractivity contribution in [3.63, 3.8) is 0 Å². The Labute approximate surface area is 103 Å². The number of nitrogens with two attached hydrogens (primary N) is 1. The molecule has 18 heavy (non-hydrogen) atoms. The molecule has 1 fully saturated rings. The molecule has 1 aromatic rings. The Hall–Kier alpha value is -1.55. The number of rotatable bonds is 4. The first kappa shape index (κ1) is 12.9. The molecule has 0 aromatic carbocycles. The number of hydrogen-bond donors (Lipinski definition) is 4. The first-order valence-corrected chi connectivity index (χ1v) is 5.59. The Morgan fingerprint density at radius 3 is 2.72 bits per heavy atom. The van der Waals surface area contributed by atoms with Crippen molar-refractivity contribution < 1.29 is 15.0 Å². The number of amides is 1. The van der Waals surface area contributed by atoms with Crippen LogP contribution in [0.1, 0.15) is 10.5 Å². The van der Waals surface area contributed by atoms with Gasteiger partial charge in [-0.1, -0.05) is 5.21 Å². The van der Waals surface area contributed by atoms with Gasteiger partial charge in [-0.05, 0) is 0 Å². The molecule has 2 unspecified atom stereocenters. The van der Waals surface area contributed by atoms with Gasteiger partial charge in [0.1, 0.15) is 0 Å². The van der Waals surface area contributed by atoms with Gasteiger partial charge in [-0.25, -0.2) is 5.84 Å². The van der Waals surface area contributed by atoms with E-state index < -0.39 is 18.1 Å². The van der Waals surface area contributed by atoms with E-state index in [1.165, 1.54) is 10.9 Å². The molecule has 100 valence electrons. The third-order valence-corrected chi connectivity index (χ3v) is 2.88. The van der Waals surface area contributed by atoms with Crippen LogP contribution in [0, 0.1) is 0 Å². The van der Waals surface area contributed by atoms with Crippen LogP contribution < -0.4 is 11.3 Å². The minimum atomic E-state index is -0.695. The van der Waals surface area contributed by atoms with E-state index in [-0.39, 0.29) is 5.69 Å². The third-order valence-electron chi connectivity index (χ3n) is 2.88. The maximum atomic E-state index is 11.1. The van der Waals surface area contributed by atoms with E-state index in [0.29, 0.717) is 26.2 Å². The zero-order chi connectivity index (χ0) is 13.1. The number of carbonyl (C=O) groups is 1. The number of aliphatic hydroxyl groups excluding tert-OH is 2. The highest BCUT2D eigenvalue weighted by Crippen LogP contribution is 2.09. The monoisotopic (exact) mass is 256 g/mol. The van der Waals surface area contributed by atoms with Crippen molar-refractivity contribution in [2.75, 3.05) is 19.6 Å². The summed E-state index contributed by atoms with van der Waals surface area (Å²) in [5, 5.41) is 26.2. The summed E-state index contributed by atoms with van der Waals surface area (Å²) in [7, 11) is 0. The summed E-state index contributed by atoms with van der Waals surface area (Å²) >= 11 is 0. The first-order valence-electron chi connectivity index (χ1n) is 5.59. The van der Waals surface area contributed by atoms with Gasteiger partial charge in [-0.2, -0.15) is 0 Å². The fourth-order valence-corrected chi connectivity index (χ4v) is 1.86. The number of aliphatic hydroxyl groups is 2. The molecule has 0 aliphatic carbocycles. The van der Waals surface area contributed by atoms with E-state index in [2.05, 4.69) is 10.3 Å². The second kappa shape index (κ2) is 5.40. The minimum absolute atomic E-state index is 0.152. The minimum Gasteiger partial charge on any atom is -0.389 e. The summed E-state index contributed by atoms with van der Waals surface area (Å²) in [6, 6.07) is 0. The normalized spacial score (nSPS) is 24.4. The van der Waals surface area contributed by atoms with Crippen LogP contribution in [0.2, 0.25) is 0 Å². The van der Waals surface area contributed by atoms with Crippen LogP contribution in [0.25, 0.3) is 0 Å². The Balaban J connectivity index is 1.84. The quantitative estimate of drug-likeness (QED) is 0.255. The molecule has 1 aromatic heterocycles. The van der Waals surface area contributed by atoms with Crippen LogP contribution in [0.5, 0.6) is 0 Å². The lowest BCUT2D eigenvalue weighted by molar-refractivity contribution is 0.0572. The maximum Gasteiger partial charge on any atom is 0.287 e. The lowest BCUT2D eigenvalue weighted by Gasteiger charge is -2.13. The molecule has 9 nitrogen and oxygen atoms in total. The highest BCUT2D eigenvalue weighted by molar-refractivity contribution is 5.91. The topological polar surface area (TPSA) is 130 Å². The van der Waals surface area contributed by atoms with Gasteiger partial charge >= 0.3 is 0 Å². The standard InChI is InChI=1S/C9H16N6O3/c10-11-9(18)6-3-15(13-12-6)2-1-14-4-7(16)8(17)5-14/h3,7-8,16-17H,1-2,4-5,10H2,(H,11,18). The van der Waals surface area contributed by atoms with Crippen molar-refractivity contribution in [2.24, 2.45) is 5.84 Å². The Kier molecular flexibility index (Phi) is 3.87. The number of carbonyl (C=O) groups excluding carboxylic acids is 1. The van der Waals surface area contributed by atoms with Crippen molar-refractivity contribution in [1.82, 2.24) is 25.3 Å². The number of nitrogens with zero attached hydrogens (tertiary/aromatic N) is 4. The molecule has 9 heteroatoms. The van der Waals surface area contributed by atoms with Crippen LogP contribution in [0.3, 0.4) is 0 Å². The number of nitrogens with one attached hydrogen (secondary N) is 1. The summed E-state index contributed by atoms with van der Waals surface area (Å²) in [4.78, 5) is 13.1. The summed E-state index contributed by atoms with van der Waals surface area (Å²) < 4.78 is 1.52. The fourth-order valence-electron chi connectivity index (χ4n) is 1.86. The predicted octanol–water partition coefficient (Wildman–Crippen LogP) is -3.08. The van der Waals surface area contributed by atoms with Gasteiger partial charge in [0, 0.05) is 19.6 Å². The number of β-amino-alcohol motifs (C(OH)–C–C–N with tert-alkyl or cyclic N) is 2. The summed E-state index contributed by atoms with van der Waals surface area (Å²) in [5.41, 5.74) is 2.12. The van der Waals surface area contributed by atoms with Gasteiger partial charge < -0.3 is 10.2 Å². The average Bonchev–Trinajstić information content (AvgIpc) is 2.94. The first-order chi connectivity index (χ1) is 8.60. The molecule has 1 saturated heterocycles.